The lowest BCUT2D eigenvalue weighted by Gasteiger charge is -2.21. The number of nitriles is 1. The first kappa shape index (κ1) is 17.3. The smallest absolute Gasteiger partial charge is 0.223 e. The van der Waals surface area contributed by atoms with Gasteiger partial charge in [-0.2, -0.15) is 5.26 Å². The fourth-order valence-corrected chi connectivity index (χ4v) is 1.71. The third-order valence-corrected chi connectivity index (χ3v) is 2.79. The molecular formula is C9H13N9O4. The summed E-state index contributed by atoms with van der Waals surface area (Å²) in [5.74, 6) is -0.886. The Labute approximate surface area is 123 Å². The predicted octanol–water partition coefficient (Wildman–Crippen LogP) is -1.81. The Balaban J connectivity index is 3.14. The maximum Gasteiger partial charge on any atom is 0.223 e. The van der Waals surface area contributed by atoms with Gasteiger partial charge in [0.25, 0.3) is 0 Å². The van der Waals surface area contributed by atoms with E-state index in [1.807, 2.05) is 0 Å². The van der Waals surface area contributed by atoms with Crippen LogP contribution in [-0.2, 0) is 4.74 Å². The summed E-state index contributed by atoms with van der Waals surface area (Å²) in [6.45, 7) is -0.875. The van der Waals surface area contributed by atoms with Crippen LogP contribution in [-0.4, -0.2) is 64.0 Å². The van der Waals surface area contributed by atoms with Gasteiger partial charge in [0.05, 0.1) is 12.8 Å². The number of aliphatic hydroxyl groups excluding tert-OH is 2. The van der Waals surface area contributed by atoms with E-state index in [0.717, 1.165) is 0 Å². The number of rotatable bonds is 4. The van der Waals surface area contributed by atoms with Crippen LogP contribution in [0.5, 0.6) is 0 Å². The van der Waals surface area contributed by atoms with Crippen molar-refractivity contribution >= 4 is 18.0 Å². The minimum atomic E-state index is -2.04. The summed E-state index contributed by atoms with van der Waals surface area (Å²) in [6, 6.07) is 0.231. The van der Waals surface area contributed by atoms with Gasteiger partial charge in [0, 0.05) is 4.91 Å². The number of hydroxylamine groups is 1. The Morgan fingerprint density at radius 3 is 2.77 bits per heavy atom. The summed E-state index contributed by atoms with van der Waals surface area (Å²) >= 11 is 0. The number of nitrogens with one attached hydrogen (secondary N) is 4. The molecule has 0 aliphatic carbocycles. The molecule has 0 aromatic heterocycles. The molecule has 1 heterocycles. The highest BCUT2D eigenvalue weighted by Gasteiger charge is 2.55. The lowest BCUT2D eigenvalue weighted by Crippen LogP contribution is -2.44. The van der Waals surface area contributed by atoms with Crippen LogP contribution < -0.4 is 10.8 Å². The third-order valence-electron chi connectivity index (χ3n) is 2.79. The van der Waals surface area contributed by atoms with Crippen molar-refractivity contribution < 1.29 is 20.2 Å². The number of hydrogen-bond donors (Lipinski definition) is 7. The second kappa shape index (κ2) is 7.31. The summed E-state index contributed by atoms with van der Waals surface area (Å²) in [5.41, 5.74) is 8.05. The van der Waals surface area contributed by atoms with E-state index in [9.17, 15) is 10.2 Å². The second-order valence-electron chi connectivity index (χ2n) is 4.08. The van der Waals surface area contributed by atoms with Gasteiger partial charge in [0.1, 0.15) is 24.1 Å². The predicted molar refractivity (Wildman–Crippen MR) is 71.2 cm³/mol. The molecule has 1 rings (SSSR count). The Morgan fingerprint density at radius 1 is 1.64 bits per heavy atom. The first-order valence-corrected chi connectivity index (χ1v) is 5.74. The monoisotopic (exact) mass is 311 g/mol. The van der Waals surface area contributed by atoms with E-state index in [2.05, 4.69) is 20.3 Å². The highest BCUT2D eigenvalue weighted by Crippen LogP contribution is 2.33. The fraction of sp³-hybridized carbons (Fsp3) is 0.556. The van der Waals surface area contributed by atoms with Crippen LogP contribution in [0.2, 0.25) is 0 Å². The van der Waals surface area contributed by atoms with Crippen LogP contribution >= 0.6 is 0 Å². The van der Waals surface area contributed by atoms with Gasteiger partial charge in [-0.25, -0.2) is 10.5 Å². The lowest BCUT2D eigenvalue weighted by molar-refractivity contribution is -0.0707. The Bertz CT molecular complexity index is 566. The van der Waals surface area contributed by atoms with Gasteiger partial charge >= 0.3 is 0 Å². The van der Waals surface area contributed by atoms with E-state index in [1.165, 1.54) is 0 Å². The van der Waals surface area contributed by atoms with E-state index in [1.54, 1.807) is 11.5 Å². The number of azide groups is 1. The highest BCUT2D eigenvalue weighted by atomic mass is 16.6. The minimum Gasteiger partial charge on any atom is -0.392 e. The largest absolute Gasteiger partial charge is 0.392 e. The van der Waals surface area contributed by atoms with Crippen LogP contribution in [0.1, 0.15) is 0 Å². The molecule has 0 aromatic carbocycles. The van der Waals surface area contributed by atoms with Crippen molar-refractivity contribution in [2.75, 3.05) is 6.61 Å². The van der Waals surface area contributed by atoms with Gasteiger partial charge in [-0.1, -0.05) is 5.11 Å². The van der Waals surface area contributed by atoms with Crippen molar-refractivity contribution in [1.82, 2.24) is 10.8 Å². The topological polar surface area (TPSA) is 227 Å². The number of hydrogen-bond acceptors (Lipinski definition) is 9. The quantitative estimate of drug-likeness (QED) is 0.0784. The molecule has 1 unspecified atom stereocenters. The van der Waals surface area contributed by atoms with Crippen LogP contribution in [0.25, 0.3) is 10.4 Å². The first-order chi connectivity index (χ1) is 10.5. The van der Waals surface area contributed by atoms with Crippen molar-refractivity contribution in [1.29, 1.82) is 16.1 Å². The maximum absolute atomic E-state index is 9.99. The number of guanidine groups is 1. The molecule has 0 radical (unpaired) electrons. The standard InChI is InChI=1S/C9H13N9O4/c10-1-4(12)14-8(17-21)15-7-5(16-18-13)6(20)9(2-11,3-19)22-7/h1,5-7,10,19-21H,3H2,(H3,12,14,15,17)/t5?,6-,7+,9+/m0/s1. The molecular weight excluding hydrogens is 298 g/mol. The van der Waals surface area contributed by atoms with Crippen molar-refractivity contribution in [3.63, 3.8) is 0 Å². The molecule has 22 heavy (non-hydrogen) atoms. The van der Waals surface area contributed by atoms with Crippen molar-refractivity contribution in [3.8, 4) is 6.07 Å². The molecule has 1 aliphatic heterocycles. The van der Waals surface area contributed by atoms with Crippen LogP contribution in [0, 0.1) is 22.1 Å². The molecule has 4 atom stereocenters. The maximum atomic E-state index is 9.99. The molecule has 13 nitrogen and oxygen atoms in total. The van der Waals surface area contributed by atoms with Gasteiger partial charge < -0.3 is 25.7 Å². The van der Waals surface area contributed by atoms with Gasteiger partial charge in [0.2, 0.25) is 11.6 Å². The van der Waals surface area contributed by atoms with Crippen LogP contribution in [0.4, 0.5) is 0 Å². The average molecular weight is 311 g/mol. The molecule has 0 bridgehead atoms. The summed E-state index contributed by atoms with van der Waals surface area (Å²) in [5, 5.41) is 56.7. The molecule has 1 fully saturated rings. The fourth-order valence-electron chi connectivity index (χ4n) is 1.71. The summed E-state index contributed by atoms with van der Waals surface area (Å²) in [6.07, 6.45) is -2.46. The van der Waals surface area contributed by atoms with Gasteiger partial charge in [0.15, 0.2) is 6.23 Å². The zero-order valence-electron chi connectivity index (χ0n) is 11.0. The summed E-state index contributed by atoms with van der Waals surface area (Å²) in [7, 11) is 0. The summed E-state index contributed by atoms with van der Waals surface area (Å²) in [4.78, 5) is 6.22. The molecule has 118 valence electrons. The Morgan fingerprint density at radius 2 is 2.32 bits per heavy atom. The number of aliphatic hydroxyl groups is 2. The molecule has 7 N–H and O–H groups in total. The molecule has 13 heteroatoms. The Kier molecular flexibility index (Phi) is 5.75. The zero-order valence-corrected chi connectivity index (χ0v) is 11.0. The average Bonchev–Trinajstić information content (AvgIpc) is 2.80. The number of nitrogens with zero attached hydrogens (tertiary/aromatic N) is 5. The number of ether oxygens (including phenoxy) is 1. The second-order valence-corrected chi connectivity index (χ2v) is 4.08. The highest BCUT2D eigenvalue weighted by molar-refractivity contribution is 6.30. The summed E-state index contributed by atoms with van der Waals surface area (Å²) < 4.78 is 5.14. The van der Waals surface area contributed by atoms with Crippen molar-refractivity contribution in [2.45, 2.75) is 24.0 Å². The molecule has 0 saturated carbocycles. The molecule has 1 saturated heterocycles. The van der Waals surface area contributed by atoms with E-state index >= 15 is 0 Å². The first-order valence-electron chi connectivity index (χ1n) is 5.74. The van der Waals surface area contributed by atoms with Gasteiger partial charge in [-0.3, -0.25) is 10.6 Å². The lowest BCUT2D eigenvalue weighted by atomic mass is 9.97. The minimum absolute atomic E-state index is 0.437. The van der Waals surface area contributed by atoms with Crippen LogP contribution in [0.15, 0.2) is 10.1 Å². The molecule has 0 spiro atoms. The van der Waals surface area contributed by atoms with Crippen molar-refractivity contribution in [2.24, 2.45) is 10.1 Å². The van der Waals surface area contributed by atoms with E-state index in [4.69, 9.17) is 31.6 Å². The molecule has 0 amide bonds. The van der Waals surface area contributed by atoms with E-state index in [-0.39, 0.29) is 0 Å². The van der Waals surface area contributed by atoms with E-state index < -0.39 is 42.4 Å². The molecule has 1 aliphatic rings. The third kappa shape index (κ3) is 3.28. The number of aliphatic imine (C=N–C) groups is 1. The van der Waals surface area contributed by atoms with Crippen molar-refractivity contribution in [3.05, 3.63) is 10.4 Å². The van der Waals surface area contributed by atoms with E-state index in [0.29, 0.717) is 6.21 Å². The zero-order chi connectivity index (χ0) is 16.8. The van der Waals surface area contributed by atoms with Gasteiger partial charge in [-0.05, 0) is 5.53 Å². The van der Waals surface area contributed by atoms with Crippen LogP contribution in [0.3, 0.4) is 0 Å². The molecule has 0 aromatic rings. The normalized spacial score (nSPS) is 30.8. The number of amidine groups is 1. The SMILES string of the molecule is N#C[C@]1(CO)O[C@@H](N=C(NO)NC(=N)C=N)C(N=[N+]=[N-])[C@@H]1O. The van der Waals surface area contributed by atoms with Gasteiger partial charge in [-0.15, -0.1) is 0 Å². The Hall–Kier alpha value is -2.75.